The Morgan fingerprint density at radius 1 is 0.757 bits per heavy atom. The number of carboxylic acid groups (broad SMARTS) is 2. The molecule has 0 aliphatic carbocycles. The topological polar surface area (TPSA) is 93.1 Å². The molecule has 0 aromatic heterocycles. The van der Waals surface area contributed by atoms with Crippen molar-refractivity contribution in [1.29, 1.82) is 0 Å². The summed E-state index contributed by atoms with van der Waals surface area (Å²) in [6.45, 7) is 7.89. The third-order valence-electron chi connectivity index (χ3n) is 5.41. The second-order valence-electron chi connectivity index (χ2n) is 8.60. The molecule has 0 bridgehead atoms. The zero-order chi connectivity index (χ0) is 29.0. The van der Waals surface area contributed by atoms with E-state index in [-0.39, 0.29) is 28.2 Å². The van der Waals surface area contributed by atoms with Crippen LogP contribution in [-0.2, 0) is 12.4 Å². The van der Waals surface area contributed by atoms with Gasteiger partial charge in [-0.25, -0.2) is 9.59 Å². The van der Waals surface area contributed by atoms with E-state index in [9.17, 15) is 35.9 Å². The van der Waals surface area contributed by atoms with E-state index in [1.807, 2.05) is 0 Å². The number of ether oxygens (including phenoxy) is 2. The van der Waals surface area contributed by atoms with E-state index < -0.39 is 58.4 Å². The second kappa shape index (κ2) is 11.7. The van der Waals surface area contributed by atoms with Crippen molar-refractivity contribution in [3.8, 4) is 11.5 Å². The van der Waals surface area contributed by atoms with Crippen molar-refractivity contribution in [2.75, 3.05) is 14.2 Å². The summed E-state index contributed by atoms with van der Waals surface area (Å²) < 4.78 is 87.4. The summed E-state index contributed by atoms with van der Waals surface area (Å²) in [6, 6.07) is 2.40. The van der Waals surface area contributed by atoms with Crippen LogP contribution in [0, 0.1) is 6.92 Å². The number of benzene rings is 2. The van der Waals surface area contributed by atoms with Gasteiger partial charge >= 0.3 is 24.3 Å². The number of hydrogen-bond acceptors (Lipinski definition) is 4. The predicted molar refractivity (Wildman–Crippen MR) is 123 cm³/mol. The van der Waals surface area contributed by atoms with Crippen molar-refractivity contribution < 1.29 is 55.6 Å². The summed E-state index contributed by atoms with van der Waals surface area (Å²) in [7, 11) is 2.46. The molecule has 0 atom stereocenters. The van der Waals surface area contributed by atoms with Crippen LogP contribution in [0.25, 0.3) is 0 Å². The van der Waals surface area contributed by atoms with Crippen LogP contribution in [0.15, 0.2) is 18.2 Å². The molecule has 12 heteroatoms. The van der Waals surface area contributed by atoms with Gasteiger partial charge in [-0.15, -0.1) is 0 Å². The summed E-state index contributed by atoms with van der Waals surface area (Å²) in [4.78, 5) is 21.9. The van der Waals surface area contributed by atoms with Crippen molar-refractivity contribution in [1.82, 2.24) is 0 Å². The van der Waals surface area contributed by atoms with Crippen molar-refractivity contribution in [2.24, 2.45) is 0 Å². The van der Waals surface area contributed by atoms with Gasteiger partial charge in [-0.1, -0.05) is 27.7 Å². The zero-order valence-electron chi connectivity index (χ0n) is 21.2. The SMILES string of the molecule is COc1c(C(=O)O)cc(C(F)(F)F)c(C(C)C)c1C.COc1cc(C(C)C)c(C(F)(F)F)cc1C(=O)O. The van der Waals surface area contributed by atoms with Gasteiger partial charge in [0.25, 0.3) is 0 Å². The Hall–Kier alpha value is -3.44. The van der Waals surface area contributed by atoms with Crippen LogP contribution in [0.3, 0.4) is 0 Å². The normalized spacial score (nSPS) is 11.8. The van der Waals surface area contributed by atoms with Gasteiger partial charge in [0.15, 0.2) is 0 Å². The molecule has 0 amide bonds. The van der Waals surface area contributed by atoms with Gasteiger partial charge < -0.3 is 19.7 Å². The Morgan fingerprint density at radius 3 is 1.54 bits per heavy atom. The minimum Gasteiger partial charge on any atom is -0.496 e. The lowest BCUT2D eigenvalue weighted by molar-refractivity contribution is -0.139. The Labute approximate surface area is 209 Å². The van der Waals surface area contributed by atoms with Crippen LogP contribution in [0.5, 0.6) is 11.5 Å². The molecule has 0 aliphatic rings. The zero-order valence-corrected chi connectivity index (χ0v) is 21.2. The van der Waals surface area contributed by atoms with E-state index in [0.29, 0.717) is 12.1 Å². The molecule has 0 fully saturated rings. The third kappa shape index (κ3) is 7.30. The summed E-state index contributed by atoms with van der Waals surface area (Å²) in [5, 5.41) is 17.9. The lowest BCUT2D eigenvalue weighted by Crippen LogP contribution is -2.15. The van der Waals surface area contributed by atoms with E-state index in [1.54, 1.807) is 27.7 Å². The van der Waals surface area contributed by atoms with Gasteiger partial charge in [0.1, 0.15) is 22.6 Å². The number of alkyl halides is 6. The average Bonchev–Trinajstić information content (AvgIpc) is 2.75. The number of methoxy groups -OCH3 is 2. The first-order valence-corrected chi connectivity index (χ1v) is 10.8. The summed E-state index contributed by atoms with van der Waals surface area (Å²) in [6.07, 6.45) is -9.18. The molecule has 0 radical (unpaired) electrons. The van der Waals surface area contributed by atoms with E-state index in [4.69, 9.17) is 19.7 Å². The summed E-state index contributed by atoms with van der Waals surface area (Å²) in [5.74, 6) is -3.77. The van der Waals surface area contributed by atoms with Crippen LogP contribution in [0.1, 0.15) is 88.1 Å². The van der Waals surface area contributed by atoms with Crippen molar-refractivity contribution >= 4 is 11.9 Å². The molecule has 206 valence electrons. The van der Waals surface area contributed by atoms with Crippen LogP contribution in [0.2, 0.25) is 0 Å². The van der Waals surface area contributed by atoms with E-state index in [0.717, 1.165) is 6.07 Å². The van der Waals surface area contributed by atoms with Crippen LogP contribution in [0.4, 0.5) is 26.3 Å². The fourth-order valence-electron chi connectivity index (χ4n) is 3.87. The van der Waals surface area contributed by atoms with Crippen LogP contribution in [-0.4, -0.2) is 36.4 Å². The monoisotopic (exact) mass is 538 g/mol. The highest BCUT2D eigenvalue weighted by Gasteiger charge is 2.38. The molecule has 0 heterocycles. The number of halogens is 6. The molecule has 2 aromatic carbocycles. The summed E-state index contributed by atoms with van der Waals surface area (Å²) >= 11 is 0. The van der Waals surface area contributed by atoms with Gasteiger partial charge in [-0.3, -0.25) is 0 Å². The molecule has 6 nitrogen and oxygen atoms in total. The molecule has 0 spiro atoms. The second-order valence-corrected chi connectivity index (χ2v) is 8.60. The Morgan fingerprint density at radius 2 is 1.22 bits per heavy atom. The van der Waals surface area contributed by atoms with Gasteiger partial charge in [-0.2, -0.15) is 26.3 Å². The number of carbonyl (C=O) groups is 2. The average molecular weight is 538 g/mol. The van der Waals surface area contributed by atoms with Crippen LogP contribution < -0.4 is 9.47 Å². The molecular formula is C25H28F6O6. The van der Waals surface area contributed by atoms with Crippen molar-refractivity contribution in [3.05, 3.63) is 57.1 Å². The molecule has 37 heavy (non-hydrogen) atoms. The fourth-order valence-corrected chi connectivity index (χ4v) is 3.87. The van der Waals surface area contributed by atoms with E-state index >= 15 is 0 Å². The largest absolute Gasteiger partial charge is 0.496 e. The Bertz CT molecular complexity index is 1150. The van der Waals surface area contributed by atoms with E-state index in [1.165, 1.54) is 21.1 Å². The predicted octanol–water partition coefficient (Wildman–Crippen LogP) is 7.38. The van der Waals surface area contributed by atoms with Crippen molar-refractivity contribution in [3.63, 3.8) is 0 Å². The maximum Gasteiger partial charge on any atom is 0.416 e. The Kier molecular flexibility index (Phi) is 10.0. The van der Waals surface area contributed by atoms with Crippen LogP contribution >= 0.6 is 0 Å². The van der Waals surface area contributed by atoms with Gasteiger partial charge in [0.2, 0.25) is 0 Å². The highest BCUT2D eigenvalue weighted by atomic mass is 19.4. The lowest BCUT2D eigenvalue weighted by Gasteiger charge is -2.21. The number of aromatic carboxylic acids is 2. The molecule has 2 rings (SSSR count). The Balaban J connectivity index is 0.000000371. The number of hydrogen-bond donors (Lipinski definition) is 2. The third-order valence-corrected chi connectivity index (χ3v) is 5.41. The first-order chi connectivity index (χ1) is 16.8. The van der Waals surface area contributed by atoms with Gasteiger partial charge in [-0.05, 0) is 53.6 Å². The van der Waals surface area contributed by atoms with Crippen molar-refractivity contribution in [2.45, 2.75) is 58.8 Å². The smallest absolute Gasteiger partial charge is 0.416 e. The maximum absolute atomic E-state index is 13.0. The highest BCUT2D eigenvalue weighted by Crippen LogP contribution is 2.42. The number of rotatable bonds is 6. The minimum absolute atomic E-state index is 0.0179. The van der Waals surface area contributed by atoms with Gasteiger partial charge in [0, 0.05) is 0 Å². The molecule has 2 aromatic rings. The lowest BCUT2D eigenvalue weighted by atomic mass is 9.89. The molecule has 0 saturated carbocycles. The molecule has 2 N–H and O–H groups in total. The molecule has 0 saturated heterocycles. The van der Waals surface area contributed by atoms with Gasteiger partial charge in [0.05, 0.1) is 25.3 Å². The molecular weight excluding hydrogens is 510 g/mol. The fraction of sp³-hybridized carbons (Fsp3) is 0.440. The summed E-state index contributed by atoms with van der Waals surface area (Å²) in [5.41, 5.74) is -2.52. The first kappa shape index (κ1) is 31.6. The maximum atomic E-state index is 13.0. The quantitative estimate of drug-likeness (QED) is 0.373. The van der Waals surface area contributed by atoms with E-state index in [2.05, 4.69) is 0 Å². The highest BCUT2D eigenvalue weighted by molar-refractivity contribution is 5.92. The standard InChI is InChI=1S/C13H15F3O3.C12H13F3O3/c1-6(2)10-7(3)11(19-4)8(12(17)18)5-9(10)13(14,15)16;1-6(2)7-5-10(18-3)8(11(16)17)4-9(7)12(13,14)15/h5-6H,1-4H3,(H,17,18);4-6H,1-3H3,(H,16,17). The molecule has 0 unspecified atom stereocenters. The molecule has 0 aliphatic heterocycles. The minimum atomic E-state index is -4.60. The first-order valence-electron chi connectivity index (χ1n) is 10.8. The number of carboxylic acids is 2.